The summed E-state index contributed by atoms with van der Waals surface area (Å²) in [7, 11) is 0. The van der Waals surface area contributed by atoms with E-state index in [0.29, 0.717) is 0 Å². The fourth-order valence-electron chi connectivity index (χ4n) is 1.04. The van der Waals surface area contributed by atoms with E-state index in [9.17, 15) is 0 Å². The molecule has 0 aliphatic rings. The van der Waals surface area contributed by atoms with Gasteiger partial charge in [0.25, 0.3) is 0 Å². The molecule has 0 radical (unpaired) electrons. The fourth-order valence-corrected chi connectivity index (χ4v) is 1.85. The predicted octanol–water partition coefficient (Wildman–Crippen LogP) is 1.63. The lowest BCUT2D eigenvalue weighted by Crippen LogP contribution is -1.93. The zero-order chi connectivity index (χ0) is 8.10. The highest BCUT2D eigenvalue weighted by Gasteiger charge is 2.03. The van der Waals surface area contributed by atoms with Gasteiger partial charge in [0.2, 0.25) is 0 Å². The molecule has 1 rings (SSSR count). The smallest absolute Gasteiger partial charge is 0.0797 e. The number of aryl methyl sites for hydroxylation is 1. The Balaban J connectivity index is 2.62. The molecule has 62 valence electrons. The third-order valence-corrected chi connectivity index (χ3v) is 2.49. The molecule has 0 amide bonds. The number of hydrogen-bond donors (Lipinski definition) is 1. The molecule has 0 saturated carbocycles. The van der Waals surface area contributed by atoms with E-state index in [1.165, 1.54) is 10.6 Å². The van der Waals surface area contributed by atoms with Gasteiger partial charge in [-0.25, -0.2) is 4.98 Å². The van der Waals surface area contributed by atoms with E-state index < -0.39 is 0 Å². The maximum Gasteiger partial charge on any atom is 0.0797 e. The molecular weight excluding hydrogens is 158 g/mol. The van der Waals surface area contributed by atoms with Gasteiger partial charge in [0.15, 0.2) is 0 Å². The van der Waals surface area contributed by atoms with E-state index in [0.717, 1.165) is 19.3 Å². The van der Waals surface area contributed by atoms with Gasteiger partial charge in [0.1, 0.15) is 0 Å². The fraction of sp³-hybridized carbons (Fsp3) is 0.625. The van der Waals surface area contributed by atoms with Crippen molar-refractivity contribution < 1.29 is 5.11 Å². The van der Waals surface area contributed by atoms with E-state index in [-0.39, 0.29) is 6.61 Å². The number of hydrogen-bond acceptors (Lipinski definition) is 3. The Hall–Kier alpha value is -0.410. The van der Waals surface area contributed by atoms with Crippen LogP contribution in [-0.2, 0) is 12.8 Å². The molecule has 3 heteroatoms. The summed E-state index contributed by atoms with van der Waals surface area (Å²) >= 11 is 1.64. The van der Waals surface area contributed by atoms with Crippen LogP contribution in [-0.4, -0.2) is 16.7 Å². The van der Waals surface area contributed by atoms with Crippen molar-refractivity contribution >= 4 is 11.3 Å². The second-order valence-corrected chi connectivity index (χ2v) is 3.39. The maximum absolute atomic E-state index is 8.71. The van der Waals surface area contributed by atoms with E-state index in [1.54, 1.807) is 11.3 Å². The van der Waals surface area contributed by atoms with E-state index in [2.05, 4.69) is 11.9 Å². The zero-order valence-electron chi connectivity index (χ0n) is 6.71. The van der Waals surface area contributed by atoms with E-state index >= 15 is 0 Å². The lowest BCUT2D eigenvalue weighted by Gasteiger charge is -1.96. The topological polar surface area (TPSA) is 33.1 Å². The quantitative estimate of drug-likeness (QED) is 0.747. The summed E-state index contributed by atoms with van der Waals surface area (Å²) in [5.74, 6) is 0. The van der Waals surface area contributed by atoms with Crippen LogP contribution < -0.4 is 0 Å². The average Bonchev–Trinajstić information content (AvgIpc) is 2.39. The SMILES string of the molecule is CCCc1ncsc1CCO. The van der Waals surface area contributed by atoms with Gasteiger partial charge in [0, 0.05) is 17.9 Å². The summed E-state index contributed by atoms with van der Waals surface area (Å²) in [5.41, 5.74) is 3.03. The van der Waals surface area contributed by atoms with Gasteiger partial charge in [-0.2, -0.15) is 0 Å². The molecule has 1 aromatic heterocycles. The van der Waals surface area contributed by atoms with Crippen LogP contribution in [0.15, 0.2) is 5.51 Å². The van der Waals surface area contributed by atoms with Crippen LogP contribution in [0.4, 0.5) is 0 Å². The van der Waals surface area contributed by atoms with Gasteiger partial charge < -0.3 is 5.11 Å². The molecule has 0 aliphatic heterocycles. The van der Waals surface area contributed by atoms with Crippen LogP contribution in [0.1, 0.15) is 23.9 Å². The number of thiazole rings is 1. The summed E-state index contributed by atoms with van der Waals surface area (Å²) < 4.78 is 0. The number of rotatable bonds is 4. The third-order valence-electron chi connectivity index (χ3n) is 1.55. The van der Waals surface area contributed by atoms with Crippen LogP contribution in [0.5, 0.6) is 0 Å². The van der Waals surface area contributed by atoms with Crippen LogP contribution >= 0.6 is 11.3 Å². The van der Waals surface area contributed by atoms with Gasteiger partial charge in [-0.05, 0) is 6.42 Å². The lowest BCUT2D eigenvalue weighted by atomic mass is 10.2. The molecule has 0 unspecified atom stereocenters. The van der Waals surface area contributed by atoms with Crippen molar-refractivity contribution in [2.45, 2.75) is 26.2 Å². The second-order valence-electron chi connectivity index (χ2n) is 2.45. The monoisotopic (exact) mass is 171 g/mol. The molecule has 1 N–H and O–H groups in total. The molecule has 0 fully saturated rings. The zero-order valence-corrected chi connectivity index (χ0v) is 7.52. The molecular formula is C8H13NOS. The first-order chi connectivity index (χ1) is 5.38. The Morgan fingerprint density at radius 2 is 2.36 bits per heavy atom. The Morgan fingerprint density at radius 1 is 1.55 bits per heavy atom. The first-order valence-corrected chi connectivity index (χ1v) is 4.78. The standard InChI is InChI=1S/C8H13NOS/c1-2-3-7-8(4-5-10)11-6-9-7/h6,10H,2-5H2,1H3. The van der Waals surface area contributed by atoms with Gasteiger partial charge in [-0.3, -0.25) is 0 Å². The van der Waals surface area contributed by atoms with Crippen molar-refractivity contribution in [2.24, 2.45) is 0 Å². The molecule has 0 saturated heterocycles. The van der Waals surface area contributed by atoms with Crippen molar-refractivity contribution in [2.75, 3.05) is 6.61 Å². The Kier molecular flexibility index (Phi) is 3.52. The minimum absolute atomic E-state index is 0.235. The number of aliphatic hydroxyl groups excluding tert-OH is 1. The number of nitrogens with zero attached hydrogens (tertiary/aromatic N) is 1. The number of aromatic nitrogens is 1. The van der Waals surface area contributed by atoms with E-state index in [4.69, 9.17) is 5.11 Å². The molecule has 0 bridgehead atoms. The Bertz CT molecular complexity index is 189. The summed E-state index contributed by atoms with van der Waals surface area (Å²) in [6.07, 6.45) is 2.93. The highest BCUT2D eigenvalue weighted by molar-refractivity contribution is 7.09. The summed E-state index contributed by atoms with van der Waals surface area (Å²) in [6.45, 7) is 2.38. The van der Waals surface area contributed by atoms with Gasteiger partial charge in [0.05, 0.1) is 11.2 Å². The first kappa shape index (κ1) is 8.68. The number of aliphatic hydroxyl groups is 1. The normalized spacial score (nSPS) is 10.4. The third kappa shape index (κ3) is 2.27. The van der Waals surface area contributed by atoms with Crippen molar-refractivity contribution in [3.63, 3.8) is 0 Å². The van der Waals surface area contributed by atoms with Crippen LogP contribution in [0, 0.1) is 0 Å². The molecule has 0 atom stereocenters. The largest absolute Gasteiger partial charge is 0.396 e. The highest BCUT2D eigenvalue weighted by atomic mass is 32.1. The lowest BCUT2D eigenvalue weighted by molar-refractivity contribution is 0.300. The summed E-state index contributed by atoms with van der Waals surface area (Å²) in [4.78, 5) is 5.48. The molecule has 0 aromatic carbocycles. The Morgan fingerprint density at radius 3 is 3.00 bits per heavy atom. The van der Waals surface area contributed by atoms with Crippen LogP contribution in [0.2, 0.25) is 0 Å². The molecule has 1 heterocycles. The van der Waals surface area contributed by atoms with Crippen molar-refractivity contribution in [3.05, 3.63) is 16.1 Å². The van der Waals surface area contributed by atoms with Crippen molar-refractivity contribution in [1.82, 2.24) is 4.98 Å². The molecule has 11 heavy (non-hydrogen) atoms. The van der Waals surface area contributed by atoms with Crippen LogP contribution in [0.25, 0.3) is 0 Å². The van der Waals surface area contributed by atoms with Crippen LogP contribution in [0.3, 0.4) is 0 Å². The van der Waals surface area contributed by atoms with E-state index in [1.807, 2.05) is 5.51 Å². The average molecular weight is 171 g/mol. The van der Waals surface area contributed by atoms with Gasteiger partial charge in [-0.15, -0.1) is 11.3 Å². The Labute approximate surface area is 70.9 Å². The summed E-state index contributed by atoms with van der Waals surface area (Å²) in [6, 6.07) is 0. The molecule has 1 aromatic rings. The van der Waals surface area contributed by atoms with Crippen molar-refractivity contribution in [1.29, 1.82) is 0 Å². The van der Waals surface area contributed by atoms with Gasteiger partial charge in [-0.1, -0.05) is 13.3 Å². The molecule has 2 nitrogen and oxygen atoms in total. The summed E-state index contributed by atoms with van der Waals surface area (Å²) in [5, 5.41) is 8.71. The highest BCUT2D eigenvalue weighted by Crippen LogP contribution is 2.15. The minimum atomic E-state index is 0.235. The molecule has 0 spiro atoms. The second kappa shape index (κ2) is 4.46. The van der Waals surface area contributed by atoms with Gasteiger partial charge >= 0.3 is 0 Å². The maximum atomic E-state index is 8.71. The first-order valence-electron chi connectivity index (χ1n) is 3.90. The van der Waals surface area contributed by atoms with Crippen molar-refractivity contribution in [3.8, 4) is 0 Å². The minimum Gasteiger partial charge on any atom is -0.396 e. The molecule has 0 aliphatic carbocycles. The predicted molar refractivity (Wildman–Crippen MR) is 46.9 cm³/mol.